The summed E-state index contributed by atoms with van der Waals surface area (Å²) in [6.45, 7) is 0. The van der Waals surface area contributed by atoms with Gasteiger partial charge >= 0.3 is 0 Å². The minimum atomic E-state index is -0.300. The first kappa shape index (κ1) is 20.4. The first-order valence-electron chi connectivity index (χ1n) is 9.31. The number of carbonyl (C=O) groups is 1. The van der Waals surface area contributed by atoms with Crippen molar-refractivity contribution >= 4 is 44.7 Å². The number of carbonyl (C=O) groups excluding carboxylic acids is 1. The molecule has 0 atom stereocenters. The van der Waals surface area contributed by atoms with Crippen LogP contribution in [0.15, 0.2) is 54.9 Å². The number of hydrogen-bond donors (Lipinski definition) is 2. The topological polar surface area (TPSA) is 94.6 Å². The molecule has 0 radical (unpaired) electrons. The summed E-state index contributed by atoms with van der Waals surface area (Å²) in [4.78, 5) is 21.9. The lowest BCUT2D eigenvalue weighted by Gasteiger charge is -2.14. The normalized spacial score (nSPS) is 10.5. The van der Waals surface area contributed by atoms with E-state index in [4.69, 9.17) is 14.2 Å². The molecule has 0 bridgehead atoms. The van der Waals surface area contributed by atoms with Crippen LogP contribution in [0, 0.1) is 0 Å². The molecule has 9 heteroatoms. The number of rotatable bonds is 7. The fourth-order valence-electron chi connectivity index (χ4n) is 3.10. The Kier molecular flexibility index (Phi) is 5.85. The third-order valence-electron chi connectivity index (χ3n) is 4.55. The molecule has 4 aromatic rings. The number of amides is 1. The molecule has 2 heterocycles. The molecule has 0 spiro atoms. The Morgan fingerprint density at radius 2 is 1.71 bits per heavy atom. The molecule has 0 saturated carbocycles. The van der Waals surface area contributed by atoms with Gasteiger partial charge < -0.3 is 24.8 Å². The van der Waals surface area contributed by atoms with Crippen molar-refractivity contribution in [2.24, 2.45) is 0 Å². The Hall–Kier alpha value is -3.85. The van der Waals surface area contributed by atoms with Crippen molar-refractivity contribution in [2.45, 2.75) is 0 Å². The van der Waals surface area contributed by atoms with E-state index in [9.17, 15) is 4.79 Å². The summed E-state index contributed by atoms with van der Waals surface area (Å²) in [5, 5.41) is 8.65. The fourth-order valence-corrected chi connectivity index (χ4v) is 3.81. The molecule has 0 fully saturated rings. The Bertz CT molecular complexity index is 1210. The summed E-state index contributed by atoms with van der Waals surface area (Å²) in [6.07, 6.45) is 3.25. The number of fused-ring (bicyclic) bond motifs is 1. The van der Waals surface area contributed by atoms with Crippen molar-refractivity contribution in [1.29, 1.82) is 0 Å². The number of benzene rings is 2. The van der Waals surface area contributed by atoms with Crippen LogP contribution in [0.4, 0.5) is 16.6 Å². The van der Waals surface area contributed by atoms with Crippen molar-refractivity contribution in [3.05, 3.63) is 59.7 Å². The number of aromatic nitrogens is 2. The molecule has 4 rings (SSSR count). The molecule has 2 aromatic heterocycles. The van der Waals surface area contributed by atoms with Crippen molar-refractivity contribution in [3.8, 4) is 17.2 Å². The second-order valence-electron chi connectivity index (χ2n) is 6.40. The molecular weight excluding hydrogens is 416 g/mol. The molecule has 158 valence electrons. The van der Waals surface area contributed by atoms with Crippen LogP contribution in [0.5, 0.6) is 17.2 Å². The van der Waals surface area contributed by atoms with E-state index in [1.165, 1.54) is 38.9 Å². The summed E-state index contributed by atoms with van der Waals surface area (Å²) < 4.78 is 16.0. The number of anilines is 3. The van der Waals surface area contributed by atoms with Crippen LogP contribution < -0.4 is 24.8 Å². The van der Waals surface area contributed by atoms with Crippen LogP contribution in [0.3, 0.4) is 0 Å². The maximum atomic E-state index is 12.7. The predicted molar refractivity (Wildman–Crippen MR) is 121 cm³/mol. The monoisotopic (exact) mass is 436 g/mol. The van der Waals surface area contributed by atoms with Gasteiger partial charge in [-0.05, 0) is 11.5 Å². The number of pyridine rings is 1. The van der Waals surface area contributed by atoms with Crippen LogP contribution in [0.25, 0.3) is 10.8 Å². The molecule has 0 unspecified atom stereocenters. The molecule has 0 aliphatic rings. The van der Waals surface area contributed by atoms with Gasteiger partial charge in [-0.15, -0.1) is 0 Å². The summed E-state index contributed by atoms with van der Waals surface area (Å²) in [5.74, 6) is 1.74. The molecule has 0 aliphatic heterocycles. The smallest absolute Gasteiger partial charge is 0.267 e. The van der Waals surface area contributed by atoms with Crippen LogP contribution in [0.2, 0.25) is 0 Å². The molecule has 31 heavy (non-hydrogen) atoms. The molecule has 1 amide bonds. The third-order valence-corrected chi connectivity index (χ3v) is 5.46. The number of nitrogens with zero attached hydrogens (tertiary/aromatic N) is 2. The lowest BCUT2D eigenvalue weighted by atomic mass is 10.2. The van der Waals surface area contributed by atoms with Gasteiger partial charge in [0.1, 0.15) is 10.7 Å². The SMILES string of the molecule is COc1cc(NC(=O)c2cnc(Nc3nccc4ccccc34)s2)cc(OC)c1OC. The third kappa shape index (κ3) is 4.22. The lowest BCUT2D eigenvalue weighted by molar-refractivity contribution is 0.103. The van der Waals surface area contributed by atoms with Crippen molar-refractivity contribution in [2.75, 3.05) is 32.0 Å². The minimum absolute atomic E-state index is 0.300. The summed E-state index contributed by atoms with van der Waals surface area (Å²) in [6, 6.07) is 13.2. The first-order chi connectivity index (χ1) is 15.1. The van der Waals surface area contributed by atoms with E-state index in [0.717, 1.165) is 10.8 Å². The fraction of sp³-hybridized carbons (Fsp3) is 0.136. The average Bonchev–Trinajstić information content (AvgIpc) is 3.27. The Morgan fingerprint density at radius 3 is 2.42 bits per heavy atom. The van der Waals surface area contributed by atoms with E-state index >= 15 is 0 Å². The highest BCUT2D eigenvalue weighted by molar-refractivity contribution is 7.17. The van der Waals surface area contributed by atoms with Gasteiger partial charge in [-0.25, -0.2) is 9.97 Å². The Morgan fingerprint density at radius 1 is 0.968 bits per heavy atom. The van der Waals surface area contributed by atoms with Crippen molar-refractivity contribution < 1.29 is 19.0 Å². The van der Waals surface area contributed by atoms with Gasteiger partial charge in [-0.3, -0.25) is 4.79 Å². The largest absolute Gasteiger partial charge is 0.493 e. The van der Waals surface area contributed by atoms with Gasteiger partial charge in [0.2, 0.25) is 5.75 Å². The number of hydrogen-bond acceptors (Lipinski definition) is 8. The van der Waals surface area contributed by atoms with Gasteiger partial charge in [0.25, 0.3) is 5.91 Å². The van der Waals surface area contributed by atoms with Crippen LogP contribution in [0.1, 0.15) is 9.67 Å². The van der Waals surface area contributed by atoms with E-state index in [1.54, 1.807) is 18.3 Å². The van der Waals surface area contributed by atoms with Crippen molar-refractivity contribution in [1.82, 2.24) is 9.97 Å². The quantitative estimate of drug-likeness (QED) is 0.433. The van der Waals surface area contributed by atoms with Gasteiger partial charge in [0.15, 0.2) is 16.6 Å². The minimum Gasteiger partial charge on any atom is -0.493 e. The molecule has 0 saturated heterocycles. The second-order valence-corrected chi connectivity index (χ2v) is 7.43. The van der Waals surface area contributed by atoms with E-state index in [1.807, 2.05) is 30.3 Å². The maximum Gasteiger partial charge on any atom is 0.267 e. The van der Waals surface area contributed by atoms with Crippen molar-refractivity contribution in [3.63, 3.8) is 0 Å². The van der Waals surface area contributed by atoms with E-state index in [-0.39, 0.29) is 5.91 Å². The van der Waals surface area contributed by atoms with E-state index in [2.05, 4.69) is 20.6 Å². The zero-order valence-corrected chi connectivity index (χ0v) is 17.9. The number of nitrogens with one attached hydrogen (secondary N) is 2. The number of ether oxygens (including phenoxy) is 3. The lowest BCUT2D eigenvalue weighted by Crippen LogP contribution is -2.10. The van der Waals surface area contributed by atoms with Gasteiger partial charge in [-0.2, -0.15) is 0 Å². The number of methoxy groups -OCH3 is 3. The predicted octanol–water partition coefficient (Wildman–Crippen LogP) is 4.71. The molecule has 2 N–H and O–H groups in total. The van der Waals surface area contributed by atoms with Crippen LogP contribution in [-0.2, 0) is 0 Å². The van der Waals surface area contributed by atoms with Crippen LogP contribution >= 0.6 is 11.3 Å². The highest BCUT2D eigenvalue weighted by Gasteiger charge is 2.17. The highest BCUT2D eigenvalue weighted by Crippen LogP contribution is 2.40. The summed E-state index contributed by atoms with van der Waals surface area (Å²) in [5.41, 5.74) is 0.512. The zero-order chi connectivity index (χ0) is 21.8. The van der Waals surface area contributed by atoms with E-state index in [0.29, 0.717) is 38.8 Å². The van der Waals surface area contributed by atoms with Crippen LogP contribution in [-0.4, -0.2) is 37.2 Å². The standard InChI is InChI=1S/C22H20N4O4S/c1-28-16-10-14(11-17(29-2)19(16)30-3)25-21(27)18-12-24-22(31-18)26-20-15-7-5-4-6-13(15)8-9-23-20/h4-12H,1-3H3,(H,25,27)(H,23,24,26). The Balaban J connectivity index is 1.54. The second kappa shape index (κ2) is 8.88. The summed E-state index contributed by atoms with van der Waals surface area (Å²) in [7, 11) is 4.56. The van der Waals surface area contributed by atoms with Gasteiger partial charge in [-0.1, -0.05) is 35.6 Å². The maximum absolute atomic E-state index is 12.7. The molecule has 0 aliphatic carbocycles. The first-order valence-corrected chi connectivity index (χ1v) is 10.1. The van der Waals surface area contributed by atoms with Gasteiger partial charge in [0.05, 0.1) is 27.5 Å². The molecule has 2 aromatic carbocycles. The Labute approximate surface area is 182 Å². The molecular formula is C22H20N4O4S. The zero-order valence-electron chi connectivity index (χ0n) is 17.1. The highest BCUT2D eigenvalue weighted by atomic mass is 32.1. The van der Waals surface area contributed by atoms with E-state index < -0.39 is 0 Å². The summed E-state index contributed by atoms with van der Waals surface area (Å²) >= 11 is 1.23. The van der Waals surface area contributed by atoms with Gasteiger partial charge in [0, 0.05) is 29.4 Å². The average molecular weight is 436 g/mol. The number of thiazole rings is 1. The molecule has 8 nitrogen and oxygen atoms in total.